The molecule has 6 heteroatoms. The van der Waals surface area contributed by atoms with Crippen molar-refractivity contribution in [2.45, 2.75) is 6.54 Å². The van der Waals surface area contributed by atoms with Gasteiger partial charge in [-0.2, -0.15) is 0 Å². The lowest BCUT2D eigenvalue weighted by Gasteiger charge is -2.07. The molecule has 82 valence electrons. The second-order valence-corrected chi connectivity index (χ2v) is 4.32. The molecule has 16 heavy (non-hydrogen) atoms. The number of halogens is 2. The van der Waals surface area contributed by atoms with Gasteiger partial charge < -0.3 is 5.32 Å². The summed E-state index contributed by atoms with van der Waals surface area (Å²) in [6.45, 7) is 0.561. The number of pyridine rings is 1. The van der Waals surface area contributed by atoms with Crippen molar-refractivity contribution in [1.29, 1.82) is 0 Å². The second kappa shape index (κ2) is 5.23. The van der Waals surface area contributed by atoms with Crippen LogP contribution >= 0.6 is 27.5 Å². The minimum Gasteiger partial charge on any atom is -0.377 e. The summed E-state index contributed by atoms with van der Waals surface area (Å²) >= 11 is 9.27. The lowest BCUT2D eigenvalue weighted by Crippen LogP contribution is -2.02. The predicted molar refractivity (Wildman–Crippen MR) is 66.3 cm³/mol. The second-order valence-electron chi connectivity index (χ2n) is 3.04. The van der Waals surface area contributed by atoms with Gasteiger partial charge in [0.25, 0.3) is 0 Å². The molecule has 0 saturated heterocycles. The minimum absolute atomic E-state index is 0.437. The Morgan fingerprint density at radius 3 is 2.88 bits per heavy atom. The summed E-state index contributed by atoms with van der Waals surface area (Å²) in [7, 11) is 0. The van der Waals surface area contributed by atoms with Crippen LogP contribution in [0.15, 0.2) is 35.3 Å². The Morgan fingerprint density at radius 2 is 2.12 bits per heavy atom. The van der Waals surface area contributed by atoms with E-state index < -0.39 is 0 Å². The summed E-state index contributed by atoms with van der Waals surface area (Å²) in [5, 5.41) is 3.58. The number of nitrogens with one attached hydrogen (secondary N) is 1. The molecule has 0 fully saturated rings. The van der Waals surface area contributed by atoms with E-state index in [2.05, 4.69) is 36.2 Å². The normalized spacial score (nSPS) is 10.1. The topological polar surface area (TPSA) is 50.7 Å². The Morgan fingerprint density at radius 1 is 1.25 bits per heavy atom. The van der Waals surface area contributed by atoms with Gasteiger partial charge in [0.1, 0.15) is 0 Å². The Bertz CT molecular complexity index is 478. The average Bonchev–Trinajstić information content (AvgIpc) is 2.32. The molecule has 0 atom stereocenters. The summed E-state index contributed by atoms with van der Waals surface area (Å²) < 4.78 is 0.874. The van der Waals surface area contributed by atoms with Crippen molar-refractivity contribution >= 4 is 33.2 Å². The van der Waals surface area contributed by atoms with Crippen LogP contribution in [0.2, 0.25) is 5.15 Å². The van der Waals surface area contributed by atoms with Crippen LogP contribution in [-0.4, -0.2) is 15.0 Å². The standard InChI is InChI=1S/C10H8BrClN4/c11-7-3-9(10(12)16-4-7)15-6-8-5-13-1-2-14-8/h1-5,15H,6H2. The molecule has 0 aliphatic carbocycles. The van der Waals surface area contributed by atoms with Gasteiger partial charge in [-0.25, -0.2) is 4.98 Å². The highest BCUT2D eigenvalue weighted by Crippen LogP contribution is 2.23. The minimum atomic E-state index is 0.437. The monoisotopic (exact) mass is 298 g/mol. The first kappa shape index (κ1) is 11.3. The Hall–Kier alpha value is -1.20. The van der Waals surface area contributed by atoms with Crippen molar-refractivity contribution in [3.8, 4) is 0 Å². The fraction of sp³-hybridized carbons (Fsp3) is 0.100. The molecule has 0 amide bonds. The maximum Gasteiger partial charge on any atom is 0.152 e. The third-order valence-corrected chi connectivity index (χ3v) is 2.62. The van der Waals surface area contributed by atoms with E-state index in [-0.39, 0.29) is 0 Å². The van der Waals surface area contributed by atoms with Crippen LogP contribution in [0.4, 0.5) is 5.69 Å². The van der Waals surface area contributed by atoms with E-state index in [9.17, 15) is 0 Å². The van der Waals surface area contributed by atoms with E-state index in [0.29, 0.717) is 11.7 Å². The van der Waals surface area contributed by atoms with Gasteiger partial charge in [-0.3, -0.25) is 9.97 Å². The lowest BCUT2D eigenvalue weighted by molar-refractivity contribution is 1.01. The highest BCUT2D eigenvalue weighted by Gasteiger charge is 2.02. The number of hydrogen-bond donors (Lipinski definition) is 1. The Kier molecular flexibility index (Phi) is 3.69. The maximum atomic E-state index is 5.93. The van der Waals surface area contributed by atoms with Gasteiger partial charge in [0.2, 0.25) is 0 Å². The molecule has 0 aliphatic heterocycles. The van der Waals surface area contributed by atoms with Crippen LogP contribution in [0.1, 0.15) is 5.69 Å². The zero-order chi connectivity index (χ0) is 11.4. The largest absolute Gasteiger partial charge is 0.377 e. The number of anilines is 1. The van der Waals surface area contributed by atoms with Gasteiger partial charge in [-0.1, -0.05) is 11.6 Å². The van der Waals surface area contributed by atoms with Gasteiger partial charge in [-0.15, -0.1) is 0 Å². The smallest absolute Gasteiger partial charge is 0.152 e. The molecule has 0 radical (unpaired) electrons. The molecule has 2 aromatic rings. The van der Waals surface area contributed by atoms with Gasteiger partial charge in [0.15, 0.2) is 5.15 Å². The first-order chi connectivity index (χ1) is 7.75. The van der Waals surface area contributed by atoms with E-state index in [4.69, 9.17) is 11.6 Å². The number of rotatable bonds is 3. The van der Waals surface area contributed by atoms with Crippen LogP contribution < -0.4 is 5.32 Å². The molecule has 2 rings (SSSR count). The summed E-state index contributed by atoms with van der Waals surface area (Å²) in [6, 6.07) is 1.87. The zero-order valence-electron chi connectivity index (χ0n) is 8.19. The van der Waals surface area contributed by atoms with E-state index in [0.717, 1.165) is 15.9 Å². The SMILES string of the molecule is Clc1ncc(Br)cc1NCc1cnccn1. The van der Waals surface area contributed by atoms with E-state index in [1.807, 2.05) is 6.07 Å². The molecule has 2 heterocycles. The van der Waals surface area contributed by atoms with Crippen molar-refractivity contribution in [2.24, 2.45) is 0 Å². The Balaban J connectivity index is 2.08. The van der Waals surface area contributed by atoms with Crippen molar-refractivity contribution in [3.63, 3.8) is 0 Å². The van der Waals surface area contributed by atoms with Crippen LogP contribution in [0.3, 0.4) is 0 Å². The predicted octanol–water partition coefficient (Wildman–Crippen LogP) is 2.90. The van der Waals surface area contributed by atoms with Crippen LogP contribution in [0.25, 0.3) is 0 Å². The molecule has 0 aliphatic rings. The number of aromatic nitrogens is 3. The molecule has 0 bridgehead atoms. The van der Waals surface area contributed by atoms with Gasteiger partial charge in [0, 0.05) is 23.1 Å². The first-order valence-corrected chi connectivity index (χ1v) is 5.72. The number of nitrogens with zero attached hydrogens (tertiary/aromatic N) is 3. The first-order valence-electron chi connectivity index (χ1n) is 4.55. The van der Waals surface area contributed by atoms with Gasteiger partial charge in [0.05, 0.1) is 24.1 Å². The van der Waals surface area contributed by atoms with E-state index in [1.54, 1.807) is 24.8 Å². The average molecular weight is 300 g/mol. The van der Waals surface area contributed by atoms with Gasteiger partial charge >= 0.3 is 0 Å². The molecule has 0 aromatic carbocycles. The van der Waals surface area contributed by atoms with Crippen LogP contribution in [0.5, 0.6) is 0 Å². The van der Waals surface area contributed by atoms with Crippen molar-refractivity contribution in [2.75, 3.05) is 5.32 Å². The van der Waals surface area contributed by atoms with Crippen LogP contribution in [-0.2, 0) is 6.54 Å². The van der Waals surface area contributed by atoms with E-state index >= 15 is 0 Å². The molecular weight excluding hydrogens is 291 g/mol. The summed E-state index contributed by atoms with van der Waals surface area (Å²) in [4.78, 5) is 12.1. The van der Waals surface area contributed by atoms with E-state index in [1.165, 1.54) is 0 Å². The molecule has 0 saturated carbocycles. The lowest BCUT2D eigenvalue weighted by atomic mass is 10.4. The Labute approximate surface area is 106 Å². The van der Waals surface area contributed by atoms with Crippen molar-refractivity contribution < 1.29 is 0 Å². The highest BCUT2D eigenvalue weighted by atomic mass is 79.9. The third-order valence-electron chi connectivity index (χ3n) is 1.88. The quantitative estimate of drug-likeness (QED) is 0.885. The van der Waals surface area contributed by atoms with Crippen LogP contribution in [0, 0.1) is 0 Å². The maximum absolute atomic E-state index is 5.93. The summed E-state index contributed by atoms with van der Waals surface area (Å²) in [6.07, 6.45) is 6.64. The zero-order valence-corrected chi connectivity index (χ0v) is 10.5. The fourth-order valence-electron chi connectivity index (χ4n) is 1.15. The summed E-state index contributed by atoms with van der Waals surface area (Å²) in [5.41, 5.74) is 1.61. The highest BCUT2D eigenvalue weighted by molar-refractivity contribution is 9.10. The van der Waals surface area contributed by atoms with Gasteiger partial charge in [-0.05, 0) is 22.0 Å². The molecule has 0 spiro atoms. The fourth-order valence-corrected chi connectivity index (χ4v) is 1.66. The molecule has 1 N–H and O–H groups in total. The van der Waals surface area contributed by atoms with Crippen molar-refractivity contribution in [1.82, 2.24) is 15.0 Å². The molecule has 2 aromatic heterocycles. The summed E-state index contributed by atoms with van der Waals surface area (Å²) in [5.74, 6) is 0. The third kappa shape index (κ3) is 2.90. The molecule has 4 nitrogen and oxygen atoms in total. The van der Waals surface area contributed by atoms with Crippen molar-refractivity contribution in [3.05, 3.63) is 46.2 Å². The number of hydrogen-bond acceptors (Lipinski definition) is 4. The molecule has 0 unspecified atom stereocenters. The molecular formula is C10H8BrClN4.